The molecule has 148 valence electrons. The van der Waals surface area contributed by atoms with Crippen LogP contribution < -0.4 is 0 Å². The second-order valence-corrected chi connectivity index (χ2v) is 7.90. The lowest BCUT2D eigenvalue weighted by Gasteiger charge is -2.16. The van der Waals surface area contributed by atoms with Crippen molar-refractivity contribution >= 4 is 27.6 Å². The van der Waals surface area contributed by atoms with E-state index in [0.29, 0.717) is 16.7 Å². The quantitative estimate of drug-likeness (QED) is 0.476. The molecule has 0 amide bonds. The first-order valence-electron chi connectivity index (χ1n) is 8.06. The summed E-state index contributed by atoms with van der Waals surface area (Å²) in [6.07, 6.45) is 0.703. The van der Waals surface area contributed by atoms with Gasteiger partial charge in [0.15, 0.2) is 11.9 Å². The Morgan fingerprint density at radius 2 is 2.11 bits per heavy atom. The number of hydroxylamine groups is 1. The van der Waals surface area contributed by atoms with Gasteiger partial charge in [0.1, 0.15) is 4.90 Å². The number of sulfonamides is 1. The summed E-state index contributed by atoms with van der Waals surface area (Å²) in [6, 6.07) is 3.78. The maximum atomic E-state index is 12.4. The van der Waals surface area contributed by atoms with Crippen LogP contribution in [0.5, 0.6) is 0 Å². The van der Waals surface area contributed by atoms with Gasteiger partial charge in [-0.15, -0.1) is 0 Å². The van der Waals surface area contributed by atoms with Gasteiger partial charge in [-0.3, -0.25) is 4.84 Å². The third-order valence-corrected chi connectivity index (χ3v) is 5.79. The molecule has 2 aromatic rings. The number of carbonyl (C=O) groups excluding carboxylic acids is 1. The van der Waals surface area contributed by atoms with Gasteiger partial charge in [-0.05, 0) is 31.5 Å². The average molecular weight is 418 g/mol. The van der Waals surface area contributed by atoms with Crippen molar-refractivity contribution in [3.05, 3.63) is 40.5 Å². The number of nitrogens with zero attached hydrogens (tertiary/aromatic N) is 3. The third kappa shape index (κ3) is 4.83. The molecule has 0 saturated heterocycles. The molecular weight excluding hydrogens is 398 g/mol. The Labute approximate surface area is 162 Å². The first kappa shape index (κ1) is 21.3. The van der Waals surface area contributed by atoms with Gasteiger partial charge in [-0.1, -0.05) is 28.1 Å². The lowest BCUT2D eigenvalue weighted by Crippen LogP contribution is -2.26. The van der Waals surface area contributed by atoms with Crippen LogP contribution in [-0.4, -0.2) is 43.2 Å². The van der Waals surface area contributed by atoms with Crippen LogP contribution in [0.4, 0.5) is 0 Å². The molecule has 0 aliphatic heterocycles. The number of aryl methyl sites for hydroxylation is 1. The number of hydrogen-bond donors (Lipinski definition) is 0. The van der Waals surface area contributed by atoms with Crippen LogP contribution in [-0.2, 0) is 26.0 Å². The minimum atomic E-state index is -4.03. The molecule has 0 aliphatic carbocycles. The Kier molecular flexibility index (Phi) is 6.93. The standard InChI is InChI=1S/C16H20ClN3O6S/c1-5-6-14-18-15(26-19-14)10(2)25-16(21)11-7-8-12(17)13(9-11)27(22,23)20(3)24-4/h7-10H,5-6H2,1-4H3. The maximum Gasteiger partial charge on any atom is 0.338 e. The molecule has 0 N–H and O–H groups in total. The highest BCUT2D eigenvalue weighted by Gasteiger charge is 2.26. The summed E-state index contributed by atoms with van der Waals surface area (Å²) in [5, 5.41) is 3.75. The van der Waals surface area contributed by atoms with Crippen LogP contribution in [0, 0.1) is 0 Å². The van der Waals surface area contributed by atoms with Crippen LogP contribution in [0.3, 0.4) is 0 Å². The molecule has 1 atom stereocenters. The summed E-state index contributed by atoms with van der Waals surface area (Å²) in [7, 11) is -1.62. The molecule has 1 aromatic carbocycles. The number of halogens is 1. The van der Waals surface area contributed by atoms with Crippen molar-refractivity contribution < 1.29 is 27.3 Å². The molecule has 1 heterocycles. The average Bonchev–Trinajstić information content (AvgIpc) is 3.10. The molecule has 1 aromatic heterocycles. The number of rotatable bonds is 8. The summed E-state index contributed by atoms with van der Waals surface area (Å²) in [5.41, 5.74) is 0.00243. The van der Waals surface area contributed by atoms with Crippen LogP contribution >= 0.6 is 11.6 Å². The van der Waals surface area contributed by atoms with Crippen molar-refractivity contribution in [2.45, 2.75) is 37.7 Å². The minimum absolute atomic E-state index is 0.00243. The molecule has 0 radical (unpaired) electrons. The van der Waals surface area contributed by atoms with E-state index in [0.717, 1.165) is 12.5 Å². The molecule has 11 heteroatoms. The zero-order valence-electron chi connectivity index (χ0n) is 15.3. The fraction of sp³-hybridized carbons (Fsp3) is 0.438. The molecule has 9 nitrogen and oxygen atoms in total. The van der Waals surface area contributed by atoms with E-state index in [2.05, 4.69) is 10.1 Å². The summed E-state index contributed by atoms with van der Waals surface area (Å²) in [5.74, 6) is -0.0727. The molecule has 0 bridgehead atoms. The van der Waals surface area contributed by atoms with Crippen molar-refractivity contribution in [3.63, 3.8) is 0 Å². The van der Waals surface area contributed by atoms with Crippen LogP contribution in [0.15, 0.2) is 27.6 Å². The number of benzene rings is 1. The van der Waals surface area contributed by atoms with Gasteiger partial charge in [0.2, 0.25) is 0 Å². The zero-order chi connectivity index (χ0) is 20.2. The topological polar surface area (TPSA) is 112 Å². The molecular formula is C16H20ClN3O6S. The molecule has 0 aliphatic rings. The Bertz CT molecular complexity index is 915. The number of ether oxygens (including phenoxy) is 1. The molecule has 2 rings (SSSR count). The van der Waals surface area contributed by atoms with Crippen molar-refractivity contribution in [1.82, 2.24) is 14.6 Å². The van der Waals surface area contributed by atoms with Gasteiger partial charge in [0.25, 0.3) is 15.9 Å². The van der Waals surface area contributed by atoms with E-state index in [-0.39, 0.29) is 21.4 Å². The fourth-order valence-corrected chi connectivity index (χ4v) is 3.58. The van der Waals surface area contributed by atoms with Gasteiger partial charge in [-0.2, -0.15) is 4.98 Å². The highest BCUT2D eigenvalue weighted by molar-refractivity contribution is 7.89. The van der Waals surface area contributed by atoms with Crippen LogP contribution in [0.25, 0.3) is 0 Å². The SMILES string of the molecule is CCCc1noc(C(C)OC(=O)c2ccc(Cl)c(S(=O)(=O)N(C)OC)c2)n1. The third-order valence-electron chi connectivity index (χ3n) is 3.63. The van der Waals surface area contributed by atoms with Crippen molar-refractivity contribution in [2.75, 3.05) is 14.2 Å². The van der Waals surface area contributed by atoms with Crippen molar-refractivity contribution in [2.24, 2.45) is 0 Å². The Balaban J connectivity index is 2.22. The number of aromatic nitrogens is 2. The highest BCUT2D eigenvalue weighted by Crippen LogP contribution is 2.26. The van der Waals surface area contributed by atoms with E-state index in [1.807, 2.05) is 6.92 Å². The van der Waals surface area contributed by atoms with Gasteiger partial charge in [-0.25, -0.2) is 13.2 Å². The molecule has 0 saturated carbocycles. The summed E-state index contributed by atoms with van der Waals surface area (Å²) in [6.45, 7) is 3.56. The van der Waals surface area contributed by atoms with Gasteiger partial charge in [0.05, 0.1) is 17.7 Å². The normalized spacial score (nSPS) is 13.0. The predicted molar refractivity (Wildman–Crippen MR) is 95.5 cm³/mol. The van der Waals surface area contributed by atoms with E-state index in [1.165, 1.54) is 26.3 Å². The summed E-state index contributed by atoms with van der Waals surface area (Å²) < 4.78 is 35.8. The van der Waals surface area contributed by atoms with E-state index >= 15 is 0 Å². The van der Waals surface area contributed by atoms with Crippen LogP contribution in [0.2, 0.25) is 5.02 Å². The molecule has 0 fully saturated rings. The Morgan fingerprint density at radius 1 is 1.41 bits per heavy atom. The van der Waals surface area contributed by atoms with E-state index in [1.54, 1.807) is 6.92 Å². The second kappa shape index (κ2) is 8.79. The summed E-state index contributed by atoms with van der Waals surface area (Å²) >= 11 is 5.97. The van der Waals surface area contributed by atoms with Crippen LogP contribution in [0.1, 0.15) is 48.4 Å². The largest absolute Gasteiger partial charge is 0.449 e. The Morgan fingerprint density at radius 3 is 2.74 bits per heavy atom. The number of esters is 1. The van der Waals surface area contributed by atoms with Gasteiger partial charge in [0, 0.05) is 13.5 Å². The monoisotopic (exact) mass is 417 g/mol. The fourth-order valence-electron chi connectivity index (χ4n) is 2.10. The number of carbonyl (C=O) groups is 1. The maximum absolute atomic E-state index is 12.4. The van der Waals surface area contributed by atoms with E-state index in [9.17, 15) is 13.2 Å². The second-order valence-electron chi connectivity index (χ2n) is 5.59. The lowest BCUT2D eigenvalue weighted by molar-refractivity contribution is -0.0258. The Hall–Kier alpha value is -2.01. The highest BCUT2D eigenvalue weighted by atomic mass is 35.5. The molecule has 0 spiro atoms. The van der Waals surface area contributed by atoms with Crippen molar-refractivity contribution in [1.29, 1.82) is 0 Å². The zero-order valence-corrected chi connectivity index (χ0v) is 16.9. The minimum Gasteiger partial charge on any atom is -0.449 e. The van der Waals surface area contributed by atoms with E-state index in [4.69, 9.17) is 25.7 Å². The van der Waals surface area contributed by atoms with Crippen molar-refractivity contribution in [3.8, 4) is 0 Å². The van der Waals surface area contributed by atoms with Gasteiger partial charge < -0.3 is 9.26 Å². The smallest absolute Gasteiger partial charge is 0.338 e. The summed E-state index contributed by atoms with van der Waals surface area (Å²) in [4.78, 5) is 21.0. The van der Waals surface area contributed by atoms with Gasteiger partial charge >= 0.3 is 5.97 Å². The number of hydrogen-bond acceptors (Lipinski definition) is 8. The lowest BCUT2D eigenvalue weighted by atomic mass is 10.2. The first-order chi connectivity index (χ1) is 12.7. The molecule has 27 heavy (non-hydrogen) atoms. The first-order valence-corrected chi connectivity index (χ1v) is 9.88. The predicted octanol–water partition coefficient (Wildman–Crippen LogP) is 2.78. The van der Waals surface area contributed by atoms with E-state index < -0.39 is 22.1 Å². The molecule has 1 unspecified atom stereocenters.